The molecule has 0 aliphatic carbocycles. The number of nitrogens with one attached hydrogen (secondary N) is 1. The number of anilines is 1. The van der Waals surface area contributed by atoms with Crippen LogP contribution in [0, 0.1) is 12.8 Å². The second-order valence-corrected chi connectivity index (χ2v) is 7.41. The summed E-state index contributed by atoms with van der Waals surface area (Å²) in [5.41, 5.74) is 1.81. The number of hydrogen-bond donors (Lipinski definition) is 1. The second-order valence-electron chi connectivity index (χ2n) is 6.55. The van der Waals surface area contributed by atoms with Gasteiger partial charge in [-0.1, -0.05) is 0 Å². The Morgan fingerprint density at radius 1 is 1.40 bits per heavy atom. The lowest BCUT2D eigenvalue weighted by Crippen LogP contribution is -2.41. The largest absolute Gasteiger partial charge is 0.497 e. The molecule has 0 bridgehead atoms. The molecule has 1 aromatic rings. The van der Waals surface area contributed by atoms with Crippen molar-refractivity contribution >= 4 is 29.3 Å². The lowest BCUT2D eigenvalue weighted by Gasteiger charge is -2.32. The average molecular weight is 365 g/mol. The van der Waals surface area contributed by atoms with E-state index in [2.05, 4.69) is 5.32 Å². The number of carbonyl (C=O) groups excluding carboxylic acids is 2. The third kappa shape index (κ3) is 5.96. The summed E-state index contributed by atoms with van der Waals surface area (Å²) in [5.74, 6) is 2.00. The molecule has 0 saturated carbocycles. The minimum absolute atomic E-state index is 0.0285. The summed E-state index contributed by atoms with van der Waals surface area (Å²) in [6.07, 6.45) is 5.39. The van der Waals surface area contributed by atoms with Gasteiger partial charge in [0, 0.05) is 25.2 Å². The highest BCUT2D eigenvalue weighted by molar-refractivity contribution is 7.99. The van der Waals surface area contributed by atoms with Gasteiger partial charge in [-0.3, -0.25) is 9.59 Å². The van der Waals surface area contributed by atoms with E-state index in [-0.39, 0.29) is 11.8 Å². The molecule has 1 N–H and O–H groups in total. The molecule has 1 atom stereocenters. The van der Waals surface area contributed by atoms with Gasteiger partial charge < -0.3 is 15.0 Å². The van der Waals surface area contributed by atoms with Gasteiger partial charge in [-0.2, -0.15) is 11.8 Å². The Labute approximate surface area is 154 Å². The number of benzene rings is 1. The van der Waals surface area contributed by atoms with Crippen molar-refractivity contribution in [1.29, 1.82) is 0 Å². The van der Waals surface area contributed by atoms with Crippen molar-refractivity contribution in [3.8, 4) is 5.75 Å². The number of ether oxygens (including phenoxy) is 1. The van der Waals surface area contributed by atoms with E-state index >= 15 is 0 Å². The van der Waals surface area contributed by atoms with E-state index in [1.54, 1.807) is 18.9 Å². The number of hydrogen-bond acceptors (Lipinski definition) is 4. The Balaban J connectivity index is 1.80. The smallest absolute Gasteiger partial charge is 0.232 e. The molecule has 6 heteroatoms. The van der Waals surface area contributed by atoms with Crippen LogP contribution in [0.3, 0.4) is 0 Å². The quantitative estimate of drug-likeness (QED) is 0.806. The Morgan fingerprint density at radius 2 is 2.20 bits per heavy atom. The van der Waals surface area contributed by atoms with Crippen LogP contribution in [-0.2, 0) is 9.59 Å². The maximum Gasteiger partial charge on any atom is 0.232 e. The molecule has 1 aliphatic heterocycles. The molecular weight excluding hydrogens is 336 g/mol. The van der Waals surface area contributed by atoms with Crippen LogP contribution in [-0.4, -0.2) is 48.9 Å². The van der Waals surface area contributed by atoms with Crippen molar-refractivity contribution in [2.24, 2.45) is 5.92 Å². The van der Waals surface area contributed by atoms with Crippen LogP contribution >= 0.6 is 11.8 Å². The molecule has 0 aromatic heterocycles. The van der Waals surface area contributed by atoms with E-state index < -0.39 is 0 Å². The van der Waals surface area contributed by atoms with Gasteiger partial charge in [0.2, 0.25) is 11.8 Å². The zero-order valence-electron chi connectivity index (χ0n) is 15.3. The van der Waals surface area contributed by atoms with Crippen molar-refractivity contribution in [2.75, 3.05) is 37.5 Å². The number of thioether (sulfide) groups is 1. The van der Waals surface area contributed by atoms with Gasteiger partial charge in [-0.25, -0.2) is 0 Å². The summed E-state index contributed by atoms with van der Waals surface area (Å²) >= 11 is 1.56. The van der Waals surface area contributed by atoms with Gasteiger partial charge in [0.1, 0.15) is 5.75 Å². The maximum atomic E-state index is 12.3. The Hall–Kier alpha value is -1.69. The van der Waals surface area contributed by atoms with E-state index in [0.29, 0.717) is 18.1 Å². The van der Waals surface area contributed by atoms with Crippen molar-refractivity contribution in [3.63, 3.8) is 0 Å². The molecule has 0 unspecified atom stereocenters. The molecule has 2 rings (SSSR count). The zero-order valence-corrected chi connectivity index (χ0v) is 16.2. The van der Waals surface area contributed by atoms with Crippen molar-refractivity contribution < 1.29 is 14.3 Å². The van der Waals surface area contributed by atoms with Gasteiger partial charge in [-0.15, -0.1) is 0 Å². The summed E-state index contributed by atoms with van der Waals surface area (Å²) in [6.45, 7) is 3.59. The first-order chi connectivity index (χ1) is 12.0. The monoisotopic (exact) mass is 364 g/mol. The Bertz CT molecular complexity index is 606. The fourth-order valence-corrected chi connectivity index (χ4v) is 3.62. The van der Waals surface area contributed by atoms with Crippen LogP contribution < -0.4 is 10.1 Å². The maximum absolute atomic E-state index is 12.3. The summed E-state index contributed by atoms with van der Waals surface area (Å²) in [7, 11) is 1.63. The van der Waals surface area contributed by atoms with Gasteiger partial charge in [0.05, 0.1) is 12.9 Å². The molecule has 2 amide bonds. The highest BCUT2D eigenvalue weighted by atomic mass is 32.2. The average Bonchev–Trinajstić information content (AvgIpc) is 2.62. The predicted octanol–water partition coefficient (Wildman–Crippen LogP) is 3.32. The van der Waals surface area contributed by atoms with Gasteiger partial charge in [0.15, 0.2) is 0 Å². The topological polar surface area (TPSA) is 58.6 Å². The lowest BCUT2D eigenvalue weighted by atomic mass is 9.93. The van der Waals surface area contributed by atoms with Crippen LogP contribution in [0.25, 0.3) is 0 Å². The first-order valence-electron chi connectivity index (χ1n) is 8.74. The van der Waals surface area contributed by atoms with Crippen molar-refractivity contribution in [3.05, 3.63) is 23.8 Å². The number of methoxy groups -OCH3 is 1. The molecule has 25 heavy (non-hydrogen) atoms. The summed E-state index contributed by atoms with van der Waals surface area (Å²) in [5, 5.41) is 2.98. The van der Waals surface area contributed by atoms with E-state index in [9.17, 15) is 9.59 Å². The molecule has 0 spiro atoms. The summed E-state index contributed by atoms with van der Waals surface area (Å²) in [4.78, 5) is 26.2. The molecular formula is C19H28N2O3S. The van der Waals surface area contributed by atoms with Gasteiger partial charge in [0.25, 0.3) is 0 Å². The van der Waals surface area contributed by atoms with Crippen molar-refractivity contribution in [2.45, 2.75) is 32.6 Å². The van der Waals surface area contributed by atoms with E-state index in [0.717, 1.165) is 49.4 Å². The minimum Gasteiger partial charge on any atom is -0.497 e. The van der Waals surface area contributed by atoms with E-state index in [1.807, 2.05) is 36.3 Å². The van der Waals surface area contributed by atoms with Gasteiger partial charge in [-0.05, 0) is 62.1 Å². The second kappa shape index (κ2) is 9.70. The Kier molecular flexibility index (Phi) is 7.62. The number of likely N-dealkylation sites (tertiary alicyclic amines) is 1. The first kappa shape index (κ1) is 19.6. The molecule has 1 heterocycles. The lowest BCUT2D eigenvalue weighted by molar-refractivity contribution is -0.130. The van der Waals surface area contributed by atoms with Gasteiger partial charge >= 0.3 is 0 Å². The predicted molar refractivity (Wildman–Crippen MR) is 103 cm³/mol. The molecule has 5 nitrogen and oxygen atoms in total. The first-order valence-corrected chi connectivity index (χ1v) is 10.1. The van der Waals surface area contributed by atoms with Crippen LogP contribution in [0.4, 0.5) is 5.69 Å². The van der Waals surface area contributed by atoms with E-state index in [4.69, 9.17) is 4.74 Å². The summed E-state index contributed by atoms with van der Waals surface area (Å²) in [6, 6.07) is 5.63. The number of amides is 2. The molecule has 1 aliphatic rings. The fraction of sp³-hybridized carbons (Fsp3) is 0.579. The Morgan fingerprint density at radius 3 is 2.88 bits per heavy atom. The summed E-state index contributed by atoms with van der Waals surface area (Å²) < 4.78 is 5.18. The third-order valence-electron chi connectivity index (χ3n) is 4.63. The minimum atomic E-state index is 0.0285. The van der Waals surface area contributed by atoms with Crippen LogP contribution in [0.2, 0.25) is 0 Å². The number of nitrogens with zero attached hydrogens (tertiary/aromatic N) is 1. The fourth-order valence-electron chi connectivity index (χ4n) is 3.19. The highest BCUT2D eigenvalue weighted by Crippen LogP contribution is 2.24. The van der Waals surface area contributed by atoms with Crippen LogP contribution in [0.15, 0.2) is 18.2 Å². The molecule has 1 saturated heterocycles. The SMILES string of the molecule is COc1ccc(NC(=O)CC[C@H]2CCCN(C(=O)CSC)C2)c(C)c1. The molecule has 1 aromatic carbocycles. The zero-order chi connectivity index (χ0) is 18.2. The van der Waals surface area contributed by atoms with Crippen LogP contribution in [0.1, 0.15) is 31.2 Å². The number of piperidine rings is 1. The van der Waals surface area contributed by atoms with E-state index in [1.165, 1.54) is 0 Å². The molecule has 1 fully saturated rings. The molecule has 0 radical (unpaired) electrons. The van der Waals surface area contributed by atoms with Crippen LogP contribution in [0.5, 0.6) is 5.75 Å². The standard InChI is InChI=1S/C19H28N2O3S/c1-14-11-16(24-2)7-8-17(14)20-18(22)9-6-15-5-4-10-21(12-15)19(23)13-25-3/h7-8,11,15H,4-6,9-10,12-13H2,1-3H3,(H,20,22)/t15-/m1/s1. The number of rotatable bonds is 7. The van der Waals surface area contributed by atoms with Crippen molar-refractivity contribution in [1.82, 2.24) is 4.90 Å². The highest BCUT2D eigenvalue weighted by Gasteiger charge is 2.23. The normalized spacial score (nSPS) is 17.2. The molecule has 138 valence electrons. The third-order valence-corrected chi connectivity index (χ3v) is 5.16. The number of aryl methyl sites for hydroxylation is 1. The number of carbonyl (C=O) groups is 2.